The maximum atomic E-state index is 13.0. The van der Waals surface area contributed by atoms with Crippen molar-refractivity contribution in [2.75, 3.05) is 6.61 Å². The molecular formula is C18H20N3O10P. The van der Waals surface area contributed by atoms with Crippen LogP contribution in [0.1, 0.15) is 17.5 Å². The molecular weight excluding hydrogens is 449 g/mol. The fraction of sp³-hybridized carbons (Fsp3) is 0.389. The third-order valence-corrected chi connectivity index (χ3v) is 5.61. The number of phosphoric acid groups is 1. The normalized spacial score (nSPS) is 23.8. The molecule has 0 aliphatic carbocycles. The largest absolute Gasteiger partial charge is 0.469 e. The molecule has 1 aliphatic heterocycles. The van der Waals surface area contributed by atoms with E-state index in [4.69, 9.17) is 19.0 Å². The van der Waals surface area contributed by atoms with Crippen LogP contribution in [-0.2, 0) is 20.4 Å². The van der Waals surface area contributed by atoms with Crippen molar-refractivity contribution in [3.8, 4) is 0 Å². The average molecular weight is 469 g/mol. The average Bonchev–Trinajstić information content (AvgIpc) is 3.24. The van der Waals surface area contributed by atoms with Gasteiger partial charge < -0.3 is 29.3 Å². The van der Waals surface area contributed by atoms with E-state index in [1.54, 1.807) is 12.1 Å². The van der Waals surface area contributed by atoms with Gasteiger partial charge in [0.1, 0.15) is 24.0 Å². The summed E-state index contributed by atoms with van der Waals surface area (Å²) in [5, 5.41) is 25.0. The molecule has 1 unspecified atom stereocenters. The highest BCUT2D eigenvalue weighted by Crippen LogP contribution is 2.38. The van der Waals surface area contributed by atoms with Crippen molar-refractivity contribution in [1.29, 1.82) is 0 Å². The van der Waals surface area contributed by atoms with E-state index in [1.165, 1.54) is 0 Å². The monoisotopic (exact) mass is 469 g/mol. The molecule has 1 fully saturated rings. The quantitative estimate of drug-likeness (QED) is 0.332. The van der Waals surface area contributed by atoms with Crippen LogP contribution < -0.4 is 11.2 Å². The molecule has 4 rings (SSSR count). The Morgan fingerprint density at radius 2 is 1.94 bits per heavy atom. The van der Waals surface area contributed by atoms with Crippen molar-refractivity contribution in [2.45, 2.75) is 38.0 Å². The molecule has 4 atom stereocenters. The van der Waals surface area contributed by atoms with Gasteiger partial charge in [0.25, 0.3) is 5.56 Å². The van der Waals surface area contributed by atoms with Crippen molar-refractivity contribution in [3.63, 3.8) is 0 Å². The lowest BCUT2D eigenvalue weighted by molar-refractivity contribution is -0.0548. The summed E-state index contributed by atoms with van der Waals surface area (Å²) in [6.45, 7) is 0.934. The summed E-state index contributed by atoms with van der Waals surface area (Å²) in [7, 11) is -4.84. The molecule has 3 aromatic rings. The van der Waals surface area contributed by atoms with E-state index >= 15 is 0 Å². The molecule has 14 heteroatoms. The first-order valence-electron chi connectivity index (χ1n) is 9.44. The first-order valence-corrected chi connectivity index (χ1v) is 11.0. The second-order valence-electron chi connectivity index (χ2n) is 7.39. The SMILES string of the molecule is Cc1ccc2c(Cn3c(=O)ccn([C@@H]4O[C@H](COP(=O)(O)O)[C@H](O)C4O)c3=O)noc2c1. The molecule has 1 aliphatic rings. The van der Waals surface area contributed by atoms with Gasteiger partial charge in [-0.1, -0.05) is 11.2 Å². The van der Waals surface area contributed by atoms with Crippen molar-refractivity contribution >= 4 is 18.8 Å². The number of ether oxygens (including phenoxy) is 1. The van der Waals surface area contributed by atoms with Crippen LogP contribution >= 0.6 is 7.82 Å². The lowest BCUT2D eigenvalue weighted by Crippen LogP contribution is -2.43. The standard InChI is InChI=1S/C18H20N3O10P/c1-9-2-3-10-11(19-31-12(10)6-9)7-21-14(22)4-5-20(18(21)25)17-16(24)15(23)13(30-17)8-29-32(26,27)28/h2-6,13,15-17,23-24H,7-8H2,1H3,(H2,26,27,28)/t13-,15+,16?,17-/m1/s1. The van der Waals surface area contributed by atoms with E-state index in [0.29, 0.717) is 16.7 Å². The van der Waals surface area contributed by atoms with Crippen molar-refractivity contribution < 1.29 is 38.3 Å². The third kappa shape index (κ3) is 4.32. The highest BCUT2D eigenvalue weighted by atomic mass is 31.2. The first kappa shape index (κ1) is 22.6. The first-order chi connectivity index (χ1) is 15.0. The summed E-state index contributed by atoms with van der Waals surface area (Å²) in [6, 6.07) is 6.44. The van der Waals surface area contributed by atoms with Crippen LogP contribution in [0.3, 0.4) is 0 Å². The van der Waals surface area contributed by atoms with E-state index in [1.807, 2.05) is 13.0 Å². The van der Waals surface area contributed by atoms with Crippen LogP contribution in [-0.4, -0.2) is 59.2 Å². The number of aliphatic hydroxyl groups is 2. The zero-order chi connectivity index (χ0) is 23.2. The molecule has 3 heterocycles. The second-order valence-corrected chi connectivity index (χ2v) is 8.63. The predicted molar refractivity (Wildman–Crippen MR) is 107 cm³/mol. The smallest absolute Gasteiger partial charge is 0.387 e. The number of nitrogens with zero attached hydrogens (tertiary/aromatic N) is 3. The third-order valence-electron chi connectivity index (χ3n) is 5.12. The van der Waals surface area contributed by atoms with Gasteiger partial charge in [0, 0.05) is 17.6 Å². The highest BCUT2D eigenvalue weighted by molar-refractivity contribution is 7.46. The van der Waals surface area contributed by atoms with Crippen LogP contribution in [0.5, 0.6) is 0 Å². The molecule has 0 amide bonds. The van der Waals surface area contributed by atoms with E-state index in [2.05, 4.69) is 9.68 Å². The minimum Gasteiger partial charge on any atom is -0.387 e. The van der Waals surface area contributed by atoms with Crippen LogP contribution in [0, 0.1) is 6.92 Å². The van der Waals surface area contributed by atoms with Gasteiger partial charge in [0.05, 0.1) is 13.2 Å². The van der Waals surface area contributed by atoms with Crippen molar-refractivity contribution in [1.82, 2.24) is 14.3 Å². The molecule has 1 saturated heterocycles. The lowest BCUT2D eigenvalue weighted by atomic mass is 10.1. The Hall–Kier alpha value is -2.64. The molecule has 0 spiro atoms. The second kappa shape index (κ2) is 8.37. The van der Waals surface area contributed by atoms with Gasteiger partial charge >= 0.3 is 13.5 Å². The summed E-state index contributed by atoms with van der Waals surface area (Å²) >= 11 is 0. The van der Waals surface area contributed by atoms with E-state index in [9.17, 15) is 24.4 Å². The van der Waals surface area contributed by atoms with Crippen LogP contribution in [0.25, 0.3) is 11.0 Å². The Balaban J connectivity index is 1.64. The van der Waals surface area contributed by atoms with Gasteiger partial charge in [-0.15, -0.1) is 0 Å². The number of hydrogen-bond acceptors (Lipinski definition) is 9. The number of hydrogen-bond donors (Lipinski definition) is 4. The number of benzene rings is 1. The number of rotatable bonds is 6. The Morgan fingerprint density at radius 1 is 1.19 bits per heavy atom. The molecule has 172 valence electrons. The predicted octanol–water partition coefficient (Wildman–Crippen LogP) is -0.764. The van der Waals surface area contributed by atoms with Gasteiger partial charge in [0.15, 0.2) is 11.8 Å². The molecule has 0 bridgehead atoms. The van der Waals surface area contributed by atoms with Gasteiger partial charge in [-0.05, 0) is 24.6 Å². The summed E-state index contributed by atoms with van der Waals surface area (Å²) in [6.07, 6.45) is -4.87. The zero-order valence-corrected chi connectivity index (χ0v) is 17.5. The fourth-order valence-electron chi connectivity index (χ4n) is 3.50. The summed E-state index contributed by atoms with van der Waals surface area (Å²) in [5.74, 6) is 0. The molecule has 4 N–H and O–H groups in total. The number of aliphatic hydroxyl groups excluding tert-OH is 2. The molecule has 0 saturated carbocycles. The van der Waals surface area contributed by atoms with E-state index in [0.717, 1.165) is 27.0 Å². The Labute approximate surface area is 179 Å². The van der Waals surface area contributed by atoms with Crippen LogP contribution in [0.4, 0.5) is 0 Å². The topological polar surface area (TPSA) is 186 Å². The minimum absolute atomic E-state index is 0.218. The van der Waals surface area contributed by atoms with Gasteiger partial charge in [-0.25, -0.2) is 9.36 Å². The van der Waals surface area contributed by atoms with Crippen molar-refractivity contribution in [3.05, 3.63) is 62.6 Å². The van der Waals surface area contributed by atoms with Crippen LogP contribution in [0.15, 0.2) is 44.6 Å². The molecule has 1 aromatic carbocycles. The number of aromatic nitrogens is 3. The molecule has 2 aromatic heterocycles. The van der Waals surface area contributed by atoms with Crippen LogP contribution in [0.2, 0.25) is 0 Å². The number of aryl methyl sites for hydroxylation is 1. The van der Waals surface area contributed by atoms with E-state index in [-0.39, 0.29) is 6.54 Å². The number of fused-ring (bicyclic) bond motifs is 1. The van der Waals surface area contributed by atoms with Crippen molar-refractivity contribution in [2.24, 2.45) is 0 Å². The fourth-order valence-corrected chi connectivity index (χ4v) is 3.84. The zero-order valence-electron chi connectivity index (χ0n) is 16.6. The van der Waals surface area contributed by atoms with Gasteiger partial charge in [-0.2, -0.15) is 0 Å². The maximum Gasteiger partial charge on any atom is 0.469 e. The molecule has 13 nitrogen and oxygen atoms in total. The van der Waals surface area contributed by atoms with E-state index < -0.39 is 50.2 Å². The Kier molecular flexibility index (Phi) is 5.90. The molecule has 0 radical (unpaired) electrons. The highest BCUT2D eigenvalue weighted by Gasteiger charge is 2.45. The lowest BCUT2D eigenvalue weighted by Gasteiger charge is -2.18. The Bertz CT molecular complexity index is 1310. The Morgan fingerprint density at radius 3 is 2.66 bits per heavy atom. The van der Waals surface area contributed by atoms with Gasteiger partial charge in [-0.3, -0.25) is 18.5 Å². The number of phosphoric ester groups is 1. The minimum atomic E-state index is -4.84. The summed E-state index contributed by atoms with van der Waals surface area (Å²) in [5.41, 5.74) is 0.299. The molecule has 32 heavy (non-hydrogen) atoms. The maximum absolute atomic E-state index is 13.0. The summed E-state index contributed by atoms with van der Waals surface area (Å²) < 4.78 is 27.6. The summed E-state index contributed by atoms with van der Waals surface area (Å²) in [4.78, 5) is 43.0. The van der Waals surface area contributed by atoms with Gasteiger partial charge in [0.2, 0.25) is 0 Å².